The number of allylic oxidation sites excluding steroid dienone is 1. The number of nitrogens with one attached hydrogen (secondary N) is 1. The average Bonchev–Trinajstić information content (AvgIpc) is 2.28. The number of carbonyl (C=O) groups is 2. The number of esters is 2. The maximum Gasteiger partial charge on any atom is 0.336 e. The summed E-state index contributed by atoms with van der Waals surface area (Å²) in [7, 11) is 1.27. The molecule has 1 rings (SSSR count). The monoisotopic (exact) mass is 268 g/mol. The van der Waals surface area contributed by atoms with Gasteiger partial charge in [0.1, 0.15) is 11.5 Å². The Balaban J connectivity index is 3.12. The van der Waals surface area contributed by atoms with Crippen LogP contribution in [-0.2, 0) is 19.1 Å². The van der Waals surface area contributed by atoms with Crippen molar-refractivity contribution in [2.24, 2.45) is 11.0 Å². The molecule has 1 heterocycles. The molecule has 0 spiro atoms. The minimum atomic E-state index is -0.826. The van der Waals surface area contributed by atoms with E-state index in [9.17, 15) is 9.59 Å². The molecule has 19 heavy (non-hydrogen) atoms. The summed E-state index contributed by atoms with van der Waals surface area (Å²) < 4.78 is 10.1. The Hall–Kier alpha value is -1.85. The first-order valence-corrected chi connectivity index (χ1v) is 5.99. The molecule has 0 aromatic heterocycles. The van der Waals surface area contributed by atoms with Crippen molar-refractivity contribution in [1.29, 1.82) is 0 Å². The summed E-state index contributed by atoms with van der Waals surface area (Å²) in [6.07, 6.45) is 0. The number of hydrogen-bond donors (Lipinski definition) is 1. The molecule has 0 amide bonds. The zero-order valence-electron chi connectivity index (χ0n) is 12.2. The zero-order chi connectivity index (χ0) is 14.8. The molecular formula is C13H20N2O4. The lowest BCUT2D eigenvalue weighted by Gasteiger charge is -2.27. The normalized spacial score (nSPS) is 19.5. The van der Waals surface area contributed by atoms with Crippen LogP contribution >= 0.6 is 0 Å². The van der Waals surface area contributed by atoms with Gasteiger partial charge in [-0.15, -0.1) is 0 Å². The van der Waals surface area contributed by atoms with Crippen LogP contribution in [0.15, 0.2) is 16.4 Å². The summed E-state index contributed by atoms with van der Waals surface area (Å²) in [5, 5.41) is 4.01. The van der Waals surface area contributed by atoms with E-state index in [1.807, 2.05) is 0 Å². The van der Waals surface area contributed by atoms with E-state index < -0.39 is 23.5 Å². The van der Waals surface area contributed by atoms with Crippen LogP contribution in [0, 0.1) is 5.92 Å². The second-order valence-corrected chi connectivity index (χ2v) is 5.36. The van der Waals surface area contributed by atoms with Crippen LogP contribution in [0.1, 0.15) is 34.6 Å². The Kier molecular flexibility index (Phi) is 4.34. The lowest BCUT2D eigenvalue weighted by atomic mass is 9.91. The van der Waals surface area contributed by atoms with E-state index in [2.05, 4.69) is 10.5 Å². The van der Waals surface area contributed by atoms with Crippen molar-refractivity contribution in [2.45, 2.75) is 40.2 Å². The van der Waals surface area contributed by atoms with Gasteiger partial charge in [0.15, 0.2) is 0 Å². The van der Waals surface area contributed by atoms with Crippen molar-refractivity contribution in [3.05, 3.63) is 11.3 Å². The number of carbonyl (C=O) groups excluding carboxylic acids is 2. The fourth-order valence-electron chi connectivity index (χ4n) is 1.75. The lowest BCUT2D eigenvalue weighted by Crippen LogP contribution is -2.39. The molecular weight excluding hydrogens is 248 g/mol. The van der Waals surface area contributed by atoms with E-state index in [4.69, 9.17) is 9.47 Å². The molecule has 1 aliphatic rings. The number of methoxy groups -OCH3 is 1. The third-order valence-corrected chi connectivity index (χ3v) is 2.56. The number of ether oxygens (including phenoxy) is 2. The average molecular weight is 268 g/mol. The molecule has 6 heteroatoms. The highest BCUT2D eigenvalue weighted by Crippen LogP contribution is 2.25. The van der Waals surface area contributed by atoms with Crippen molar-refractivity contribution >= 4 is 17.7 Å². The number of hydrazone groups is 1. The third-order valence-electron chi connectivity index (χ3n) is 2.56. The molecule has 1 unspecified atom stereocenters. The molecule has 106 valence electrons. The molecule has 0 fully saturated rings. The SMILES string of the molecule is COC(=O)C1=C(C)NN=C(C)C1C(=O)OC(C)(C)C. The van der Waals surface area contributed by atoms with Gasteiger partial charge in [0.25, 0.3) is 0 Å². The fraction of sp³-hybridized carbons (Fsp3) is 0.615. The molecule has 1 aliphatic heterocycles. The van der Waals surface area contributed by atoms with E-state index in [0.717, 1.165) is 0 Å². The van der Waals surface area contributed by atoms with Crippen LogP contribution < -0.4 is 5.43 Å². The molecule has 1 N–H and O–H groups in total. The van der Waals surface area contributed by atoms with Crippen molar-refractivity contribution < 1.29 is 19.1 Å². The van der Waals surface area contributed by atoms with Crippen molar-refractivity contribution in [3.63, 3.8) is 0 Å². The summed E-state index contributed by atoms with van der Waals surface area (Å²) in [6, 6.07) is 0. The van der Waals surface area contributed by atoms with Crippen molar-refractivity contribution in [3.8, 4) is 0 Å². The highest BCUT2D eigenvalue weighted by atomic mass is 16.6. The Bertz CT molecular complexity index is 458. The number of rotatable bonds is 2. The van der Waals surface area contributed by atoms with Gasteiger partial charge in [-0.1, -0.05) is 0 Å². The summed E-state index contributed by atoms with van der Waals surface area (Å²) in [5.41, 5.74) is 3.28. The maximum absolute atomic E-state index is 12.2. The Morgan fingerprint density at radius 2 is 1.84 bits per heavy atom. The Morgan fingerprint density at radius 3 is 2.32 bits per heavy atom. The number of nitrogens with zero attached hydrogens (tertiary/aromatic N) is 1. The van der Waals surface area contributed by atoms with Crippen LogP contribution in [0.3, 0.4) is 0 Å². The highest BCUT2D eigenvalue weighted by molar-refractivity contribution is 6.11. The second kappa shape index (κ2) is 5.42. The van der Waals surface area contributed by atoms with Gasteiger partial charge in [-0.05, 0) is 34.6 Å². The quantitative estimate of drug-likeness (QED) is 0.765. The highest BCUT2D eigenvalue weighted by Gasteiger charge is 2.38. The Labute approximate surface area is 112 Å². The van der Waals surface area contributed by atoms with E-state index in [-0.39, 0.29) is 5.57 Å². The first-order chi connectivity index (χ1) is 8.67. The minimum absolute atomic E-state index is 0.240. The fourth-order valence-corrected chi connectivity index (χ4v) is 1.75. The predicted molar refractivity (Wildman–Crippen MR) is 70.3 cm³/mol. The van der Waals surface area contributed by atoms with E-state index >= 15 is 0 Å². The van der Waals surface area contributed by atoms with Gasteiger partial charge in [0, 0.05) is 5.70 Å². The van der Waals surface area contributed by atoms with Gasteiger partial charge in [-0.3, -0.25) is 10.2 Å². The molecule has 0 saturated heterocycles. The zero-order valence-corrected chi connectivity index (χ0v) is 12.2. The van der Waals surface area contributed by atoms with Crippen molar-refractivity contribution in [1.82, 2.24) is 5.43 Å². The first-order valence-electron chi connectivity index (χ1n) is 5.99. The molecule has 0 saturated carbocycles. The standard InChI is InChI=1S/C13H20N2O4/c1-7-9(11(16)18-6)10(8(2)15-14-7)12(17)19-13(3,4)5/h10,14H,1-6H3. The maximum atomic E-state index is 12.2. The van der Waals surface area contributed by atoms with Crippen LogP contribution in [-0.4, -0.2) is 30.4 Å². The van der Waals surface area contributed by atoms with Gasteiger partial charge in [0.2, 0.25) is 0 Å². The summed E-state index contributed by atoms with van der Waals surface area (Å²) in [5.74, 6) is -1.89. The Morgan fingerprint density at radius 1 is 1.26 bits per heavy atom. The molecule has 1 atom stereocenters. The van der Waals surface area contributed by atoms with E-state index in [0.29, 0.717) is 11.4 Å². The smallest absolute Gasteiger partial charge is 0.336 e. The van der Waals surface area contributed by atoms with E-state index in [1.165, 1.54) is 7.11 Å². The first kappa shape index (κ1) is 15.2. The largest absolute Gasteiger partial charge is 0.466 e. The van der Waals surface area contributed by atoms with Crippen LogP contribution in [0.25, 0.3) is 0 Å². The van der Waals surface area contributed by atoms with Crippen LogP contribution in [0.2, 0.25) is 0 Å². The molecule has 0 aromatic carbocycles. The van der Waals surface area contributed by atoms with Gasteiger partial charge in [-0.2, -0.15) is 5.10 Å². The third kappa shape index (κ3) is 3.56. The van der Waals surface area contributed by atoms with Crippen LogP contribution in [0.4, 0.5) is 0 Å². The molecule has 0 radical (unpaired) electrons. The second-order valence-electron chi connectivity index (χ2n) is 5.36. The lowest BCUT2D eigenvalue weighted by molar-refractivity contribution is -0.157. The van der Waals surface area contributed by atoms with E-state index in [1.54, 1.807) is 34.6 Å². The van der Waals surface area contributed by atoms with Crippen molar-refractivity contribution in [2.75, 3.05) is 7.11 Å². The van der Waals surface area contributed by atoms with Crippen LogP contribution in [0.5, 0.6) is 0 Å². The molecule has 0 aromatic rings. The summed E-state index contributed by atoms with van der Waals surface area (Å²) in [4.78, 5) is 24.0. The molecule has 0 aliphatic carbocycles. The van der Waals surface area contributed by atoms with Gasteiger partial charge >= 0.3 is 11.9 Å². The topological polar surface area (TPSA) is 77.0 Å². The summed E-state index contributed by atoms with van der Waals surface area (Å²) in [6.45, 7) is 8.64. The van der Waals surface area contributed by atoms with Gasteiger partial charge < -0.3 is 9.47 Å². The molecule has 0 bridgehead atoms. The van der Waals surface area contributed by atoms with Gasteiger partial charge in [-0.25, -0.2) is 4.79 Å². The summed E-state index contributed by atoms with van der Waals surface area (Å²) >= 11 is 0. The number of hydrogen-bond acceptors (Lipinski definition) is 6. The molecule has 6 nitrogen and oxygen atoms in total. The van der Waals surface area contributed by atoms with Gasteiger partial charge in [0.05, 0.1) is 18.4 Å². The minimum Gasteiger partial charge on any atom is -0.466 e. The predicted octanol–water partition coefficient (Wildman–Crippen LogP) is 1.37.